The fourth-order valence-electron chi connectivity index (χ4n) is 3.44. The van der Waals surface area contributed by atoms with E-state index in [2.05, 4.69) is 40.2 Å². The normalized spacial score (nSPS) is 20.6. The van der Waals surface area contributed by atoms with Crippen LogP contribution in [0.3, 0.4) is 0 Å². The molecule has 2 atom stereocenters. The standard InChI is InChI=1S/C20H21N3O2/c24-19-10-15-8-13(6-7-18(15)23-19)11-21-20(25)22-12-16-9-17(16)14-4-2-1-3-5-14/h1-8,16-17H,9-12H2,(H,23,24)(H2,21,22,25)/t16-,17+/m0/s1. The van der Waals surface area contributed by atoms with Crippen LogP contribution in [0, 0.1) is 5.92 Å². The van der Waals surface area contributed by atoms with Crippen LogP contribution >= 0.6 is 0 Å². The summed E-state index contributed by atoms with van der Waals surface area (Å²) in [4.78, 5) is 23.4. The first-order valence-corrected chi connectivity index (χ1v) is 8.67. The average molecular weight is 335 g/mol. The molecule has 2 aromatic rings. The molecule has 1 aliphatic carbocycles. The number of nitrogens with one attached hydrogen (secondary N) is 3. The Kier molecular flexibility index (Phi) is 4.14. The molecule has 2 aliphatic rings. The maximum Gasteiger partial charge on any atom is 0.315 e. The lowest BCUT2D eigenvalue weighted by Crippen LogP contribution is -2.36. The fraction of sp³-hybridized carbons (Fsp3) is 0.300. The molecule has 5 heteroatoms. The molecule has 0 spiro atoms. The lowest BCUT2D eigenvalue weighted by Gasteiger charge is -2.09. The predicted molar refractivity (Wildman–Crippen MR) is 96.3 cm³/mol. The number of hydrogen-bond acceptors (Lipinski definition) is 2. The highest BCUT2D eigenvalue weighted by Gasteiger charge is 2.37. The van der Waals surface area contributed by atoms with Gasteiger partial charge in [0.15, 0.2) is 0 Å². The number of urea groups is 1. The summed E-state index contributed by atoms with van der Waals surface area (Å²) < 4.78 is 0. The summed E-state index contributed by atoms with van der Waals surface area (Å²) in [6.45, 7) is 1.16. The van der Waals surface area contributed by atoms with Gasteiger partial charge < -0.3 is 16.0 Å². The molecular formula is C20H21N3O2. The zero-order valence-electron chi connectivity index (χ0n) is 13.9. The third-order valence-electron chi connectivity index (χ3n) is 4.92. The van der Waals surface area contributed by atoms with Crippen molar-refractivity contribution < 1.29 is 9.59 Å². The zero-order chi connectivity index (χ0) is 17.2. The van der Waals surface area contributed by atoms with Crippen LogP contribution < -0.4 is 16.0 Å². The number of carbonyl (C=O) groups is 2. The summed E-state index contributed by atoms with van der Waals surface area (Å²) in [6.07, 6.45) is 1.55. The maximum atomic E-state index is 12.0. The third kappa shape index (κ3) is 3.65. The summed E-state index contributed by atoms with van der Waals surface area (Å²) in [6, 6.07) is 16.1. The average Bonchev–Trinajstić information content (AvgIpc) is 3.31. The molecule has 1 saturated carbocycles. The van der Waals surface area contributed by atoms with Crippen LogP contribution in [-0.2, 0) is 17.8 Å². The minimum absolute atomic E-state index is 0.0234. The van der Waals surface area contributed by atoms with Gasteiger partial charge in [-0.3, -0.25) is 4.79 Å². The van der Waals surface area contributed by atoms with Crippen molar-refractivity contribution in [1.82, 2.24) is 10.6 Å². The Balaban J connectivity index is 1.22. The van der Waals surface area contributed by atoms with E-state index in [1.54, 1.807) is 0 Å². The van der Waals surface area contributed by atoms with Crippen LogP contribution in [0.2, 0.25) is 0 Å². The van der Waals surface area contributed by atoms with Gasteiger partial charge >= 0.3 is 6.03 Å². The van der Waals surface area contributed by atoms with Crippen LogP contribution in [0.1, 0.15) is 29.0 Å². The number of amides is 3. The van der Waals surface area contributed by atoms with Gasteiger partial charge in [0.1, 0.15) is 0 Å². The Labute approximate surface area is 146 Å². The number of hydrogen-bond donors (Lipinski definition) is 3. The van der Waals surface area contributed by atoms with Crippen LogP contribution in [-0.4, -0.2) is 18.5 Å². The molecule has 4 rings (SSSR count). The zero-order valence-corrected chi connectivity index (χ0v) is 13.9. The molecule has 1 heterocycles. The summed E-state index contributed by atoms with van der Waals surface area (Å²) in [5, 5.41) is 8.65. The number of rotatable bonds is 5. The van der Waals surface area contributed by atoms with Crippen molar-refractivity contribution in [2.75, 3.05) is 11.9 Å². The topological polar surface area (TPSA) is 70.2 Å². The summed E-state index contributed by atoms with van der Waals surface area (Å²) in [5.74, 6) is 1.13. The molecule has 25 heavy (non-hydrogen) atoms. The third-order valence-corrected chi connectivity index (χ3v) is 4.92. The van der Waals surface area contributed by atoms with E-state index < -0.39 is 0 Å². The van der Waals surface area contributed by atoms with Crippen LogP contribution in [0.25, 0.3) is 0 Å². The highest BCUT2D eigenvalue weighted by atomic mass is 16.2. The first-order chi connectivity index (χ1) is 12.2. The number of fused-ring (bicyclic) bond motifs is 1. The molecule has 5 nitrogen and oxygen atoms in total. The molecule has 0 saturated heterocycles. The molecule has 3 amide bonds. The van der Waals surface area contributed by atoms with Gasteiger partial charge in [-0.1, -0.05) is 42.5 Å². The van der Waals surface area contributed by atoms with E-state index >= 15 is 0 Å². The molecule has 1 fully saturated rings. The van der Waals surface area contributed by atoms with Crippen molar-refractivity contribution >= 4 is 17.6 Å². The molecule has 3 N–H and O–H groups in total. The quantitative estimate of drug-likeness (QED) is 0.786. The van der Waals surface area contributed by atoms with Crippen molar-refractivity contribution in [3.8, 4) is 0 Å². The second kappa shape index (κ2) is 6.59. The fourth-order valence-corrected chi connectivity index (χ4v) is 3.44. The van der Waals surface area contributed by atoms with E-state index in [1.807, 2.05) is 24.3 Å². The first-order valence-electron chi connectivity index (χ1n) is 8.67. The van der Waals surface area contributed by atoms with Gasteiger partial charge in [0.05, 0.1) is 6.42 Å². The van der Waals surface area contributed by atoms with E-state index in [-0.39, 0.29) is 11.9 Å². The second-order valence-electron chi connectivity index (χ2n) is 6.79. The van der Waals surface area contributed by atoms with Crippen LogP contribution in [0.4, 0.5) is 10.5 Å². The monoisotopic (exact) mass is 335 g/mol. The van der Waals surface area contributed by atoms with Gasteiger partial charge in [-0.05, 0) is 41.0 Å². The summed E-state index contributed by atoms with van der Waals surface area (Å²) >= 11 is 0. The lowest BCUT2D eigenvalue weighted by molar-refractivity contribution is -0.115. The van der Waals surface area contributed by atoms with Gasteiger partial charge in [-0.15, -0.1) is 0 Å². The van der Waals surface area contributed by atoms with Crippen LogP contribution in [0.5, 0.6) is 0 Å². The molecule has 0 unspecified atom stereocenters. The Morgan fingerprint density at radius 1 is 1.12 bits per heavy atom. The Bertz CT molecular complexity index is 804. The van der Waals surface area contributed by atoms with Crippen molar-refractivity contribution in [2.24, 2.45) is 5.92 Å². The van der Waals surface area contributed by atoms with Crippen molar-refractivity contribution in [3.63, 3.8) is 0 Å². The molecular weight excluding hydrogens is 314 g/mol. The van der Waals surface area contributed by atoms with Crippen molar-refractivity contribution in [3.05, 3.63) is 65.2 Å². The smallest absolute Gasteiger partial charge is 0.315 e. The lowest BCUT2D eigenvalue weighted by atomic mass is 10.1. The highest BCUT2D eigenvalue weighted by molar-refractivity contribution is 5.99. The first kappa shape index (κ1) is 15.7. The van der Waals surface area contributed by atoms with E-state index in [1.165, 1.54) is 5.56 Å². The van der Waals surface area contributed by atoms with Gasteiger partial charge in [0, 0.05) is 18.8 Å². The van der Waals surface area contributed by atoms with E-state index in [9.17, 15) is 9.59 Å². The summed E-state index contributed by atoms with van der Waals surface area (Å²) in [7, 11) is 0. The second-order valence-corrected chi connectivity index (χ2v) is 6.79. The van der Waals surface area contributed by atoms with Crippen molar-refractivity contribution in [2.45, 2.75) is 25.3 Å². The molecule has 0 bridgehead atoms. The van der Waals surface area contributed by atoms with Gasteiger partial charge in [-0.2, -0.15) is 0 Å². The molecule has 0 radical (unpaired) electrons. The number of carbonyl (C=O) groups excluding carboxylic acids is 2. The van der Waals surface area contributed by atoms with E-state index in [0.717, 1.165) is 23.2 Å². The van der Waals surface area contributed by atoms with Gasteiger partial charge in [-0.25, -0.2) is 4.79 Å². The molecule has 1 aliphatic heterocycles. The maximum absolute atomic E-state index is 12.0. The minimum atomic E-state index is -0.145. The Morgan fingerprint density at radius 3 is 2.80 bits per heavy atom. The molecule has 2 aromatic carbocycles. The van der Waals surface area contributed by atoms with E-state index in [4.69, 9.17) is 0 Å². The highest BCUT2D eigenvalue weighted by Crippen LogP contribution is 2.46. The largest absolute Gasteiger partial charge is 0.338 e. The van der Waals surface area contributed by atoms with Crippen molar-refractivity contribution in [1.29, 1.82) is 0 Å². The van der Waals surface area contributed by atoms with Crippen LogP contribution in [0.15, 0.2) is 48.5 Å². The van der Waals surface area contributed by atoms with E-state index in [0.29, 0.717) is 31.3 Å². The predicted octanol–water partition coefficient (Wildman–Crippen LogP) is 2.78. The molecule has 0 aromatic heterocycles. The Morgan fingerprint density at radius 2 is 1.96 bits per heavy atom. The van der Waals surface area contributed by atoms with Gasteiger partial charge in [0.25, 0.3) is 0 Å². The molecule has 128 valence electrons. The SMILES string of the molecule is O=C1Cc2cc(CNC(=O)NC[C@@H]3C[C@@H]3c3ccccc3)ccc2N1. The minimum Gasteiger partial charge on any atom is -0.338 e. The van der Waals surface area contributed by atoms with Gasteiger partial charge in [0.2, 0.25) is 5.91 Å². The number of benzene rings is 2. The Hall–Kier alpha value is -2.82. The number of anilines is 1. The summed E-state index contributed by atoms with van der Waals surface area (Å²) in [5.41, 5.74) is 4.22.